The lowest BCUT2D eigenvalue weighted by molar-refractivity contribution is -0.132. The third kappa shape index (κ3) is 6.06. The summed E-state index contributed by atoms with van der Waals surface area (Å²) in [6.45, 7) is 8.77. The Labute approximate surface area is 145 Å². The second kappa shape index (κ2) is 9.99. The van der Waals surface area contributed by atoms with Gasteiger partial charge in [0.1, 0.15) is 6.04 Å². The van der Waals surface area contributed by atoms with Crippen LogP contribution in [0.3, 0.4) is 0 Å². The maximum Gasteiger partial charge on any atom is 0.242 e. The number of amides is 2. The van der Waals surface area contributed by atoms with Crippen molar-refractivity contribution in [2.24, 2.45) is 11.8 Å². The number of carbonyl (C=O) groups excluding carboxylic acids is 2. The molecule has 0 aromatic carbocycles. The molecule has 1 aliphatic heterocycles. The van der Waals surface area contributed by atoms with E-state index in [1.807, 2.05) is 13.8 Å². The van der Waals surface area contributed by atoms with E-state index in [1.165, 1.54) is 6.42 Å². The highest BCUT2D eigenvalue weighted by molar-refractivity contribution is 5.88. The van der Waals surface area contributed by atoms with Crippen LogP contribution in [0.25, 0.3) is 0 Å². The second-order valence-electron chi connectivity index (χ2n) is 7.31. The van der Waals surface area contributed by atoms with Gasteiger partial charge in [-0.25, -0.2) is 0 Å². The third-order valence-corrected chi connectivity index (χ3v) is 5.05. The van der Waals surface area contributed by atoms with E-state index in [0.29, 0.717) is 6.54 Å². The molecule has 138 valence electrons. The van der Waals surface area contributed by atoms with Crippen molar-refractivity contribution in [3.05, 3.63) is 0 Å². The molecule has 24 heavy (non-hydrogen) atoms. The fourth-order valence-electron chi connectivity index (χ4n) is 3.44. The summed E-state index contributed by atoms with van der Waals surface area (Å²) >= 11 is 0. The van der Waals surface area contributed by atoms with Crippen LogP contribution in [0.5, 0.6) is 0 Å². The highest BCUT2D eigenvalue weighted by Crippen LogP contribution is 2.24. The number of nitrogens with zero attached hydrogens (tertiary/aromatic N) is 1. The minimum atomic E-state index is -0.441. The van der Waals surface area contributed by atoms with Gasteiger partial charge >= 0.3 is 0 Å². The Morgan fingerprint density at radius 1 is 1.12 bits per heavy atom. The Bertz CT molecular complexity index is 402. The van der Waals surface area contributed by atoms with Crippen molar-refractivity contribution in [3.8, 4) is 0 Å². The van der Waals surface area contributed by atoms with Crippen LogP contribution in [-0.4, -0.2) is 62.1 Å². The van der Waals surface area contributed by atoms with Crippen LogP contribution < -0.4 is 10.6 Å². The molecule has 0 bridgehead atoms. The van der Waals surface area contributed by atoms with E-state index in [0.717, 1.165) is 58.5 Å². The van der Waals surface area contributed by atoms with Gasteiger partial charge in [0.05, 0.1) is 13.2 Å². The molecule has 1 heterocycles. The summed E-state index contributed by atoms with van der Waals surface area (Å²) in [7, 11) is 0. The summed E-state index contributed by atoms with van der Waals surface area (Å²) < 4.78 is 5.32. The lowest BCUT2D eigenvalue weighted by Gasteiger charge is -2.28. The molecule has 0 aromatic rings. The predicted molar refractivity (Wildman–Crippen MR) is 93.6 cm³/mol. The monoisotopic (exact) mass is 339 g/mol. The van der Waals surface area contributed by atoms with Gasteiger partial charge in [-0.05, 0) is 18.8 Å². The number of carbonyl (C=O) groups is 2. The van der Waals surface area contributed by atoms with Crippen molar-refractivity contribution in [2.75, 3.05) is 39.4 Å². The summed E-state index contributed by atoms with van der Waals surface area (Å²) in [5.41, 5.74) is 0. The second-order valence-corrected chi connectivity index (χ2v) is 7.31. The maximum absolute atomic E-state index is 12.5. The van der Waals surface area contributed by atoms with Crippen LogP contribution in [-0.2, 0) is 14.3 Å². The van der Waals surface area contributed by atoms with E-state index in [4.69, 9.17) is 4.74 Å². The van der Waals surface area contributed by atoms with Crippen LogP contribution in [0, 0.1) is 11.8 Å². The average Bonchev–Trinajstić information content (AvgIpc) is 2.60. The minimum Gasteiger partial charge on any atom is -0.379 e. The zero-order chi connectivity index (χ0) is 17.4. The van der Waals surface area contributed by atoms with Crippen LogP contribution >= 0.6 is 0 Å². The van der Waals surface area contributed by atoms with Gasteiger partial charge < -0.3 is 15.4 Å². The molecular weight excluding hydrogens is 306 g/mol. The van der Waals surface area contributed by atoms with Crippen molar-refractivity contribution >= 4 is 11.8 Å². The van der Waals surface area contributed by atoms with Gasteiger partial charge in [0, 0.05) is 32.1 Å². The van der Waals surface area contributed by atoms with Gasteiger partial charge in [0.25, 0.3) is 0 Å². The van der Waals surface area contributed by atoms with Crippen molar-refractivity contribution < 1.29 is 14.3 Å². The number of hydrogen-bond donors (Lipinski definition) is 2. The van der Waals surface area contributed by atoms with E-state index in [-0.39, 0.29) is 23.7 Å². The number of ether oxygens (including phenoxy) is 1. The normalized spacial score (nSPS) is 21.5. The van der Waals surface area contributed by atoms with Crippen LogP contribution in [0.1, 0.15) is 46.0 Å². The van der Waals surface area contributed by atoms with E-state index < -0.39 is 6.04 Å². The molecule has 1 saturated carbocycles. The molecule has 0 aromatic heterocycles. The molecule has 2 N–H and O–H groups in total. The number of rotatable bonds is 7. The molecule has 0 spiro atoms. The van der Waals surface area contributed by atoms with Crippen molar-refractivity contribution in [1.29, 1.82) is 0 Å². The molecule has 2 fully saturated rings. The van der Waals surface area contributed by atoms with Crippen molar-refractivity contribution in [2.45, 2.75) is 52.0 Å². The smallest absolute Gasteiger partial charge is 0.242 e. The molecule has 1 saturated heterocycles. The maximum atomic E-state index is 12.5. The highest BCUT2D eigenvalue weighted by atomic mass is 16.5. The molecule has 1 atom stereocenters. The van der Waals surface area contributed by atoms with E-state index in [1.54, 1.807) is 0 Å². The fourth-order valence-corrected chi connectivity index (χ4v) is 3.44. The SMILES string of the molecule is CC(C)C(NC(=O)C1CCCCC1)C(=O)NCCN1CCOCC1. The molecule has 2 rings (SSSR count). The first-order valence-electron chi connectivity index (χ1n) is 9.46. The molecule has 6 heteroatoms. The van der Waals surface area contributed by atoms with Crippen LogP contribution in [0.4, 0.5) is 0 Å². The van der Waals surface area contributed by atoms with E-state index in [9.17, 15) is 9.59 Å². The standard InChI is InChI=1S/C18H33N3O3/c1-14(2)16(20-17(22)15-6-4-3-5-7-15)18(23)19-8-9-21-10-12-24-13-11-21/h14-16H,3-13H2,1-2H3,(H,19,23)(H,20,22). The average molecular weight is 339 g/mol. The van der Waals surface area contributed by atoms with E-state index in [2.05, 4.69) is 15.5 Å². The topological polar surface area (TPSA) is 70.7 Å². The van der Waals surface area contributed by atoms with Crippen LogP contribution in [0.15, 0.2) is 0 Å². The minimum absolute atomic E-state index is 0.0525. The van der Waals surface area contributed by atoms with Gasteiger partial charge in [-0.2, -0.15) is 0 Å². The number of nitrogens with one attached hydrogen (secondary N) is 2. The summed E-state index contributed by atoms with van der Waals surface area (Å²) in [5.74, 6) is 0.154. The molecule has 2 amide bonds. The molecular formula is C18H33N3O3. The van der Waals surface area contributed by atoms with Gasteiger partial charge in [0.15, 0.2) is 0 Å². The van der Waals surface area contributed by atoms with Gasteiger partial charge in [0.2, 0.25) is 11.8 Å². The molecule has 1 unspecified atom stereocenters. The van der Waals surface area contributed by atoms with Crippen molar-refractivity contribution in [1.82, 2.24) is 15.5 Å². The Morgan fingerprint density at radius 2 is 1.79 bits per heavy atom. The lowest BCUT2D eigenvalue weighted by Crippen LogP contribution is -2.52. The number of hydrogen-bond acceptors (Lipinski definition) is 4. The lowest BCUT2D eigenvalue weighted by atomic mass is 9.88. The predicted octanol–water partition coefficient (Wildman–Crippen LogP) is 1.16. The first kappa shape index (κ1) is 19.2. The summed E-state index contributed by atoms with van der Waals surface area (Å²) in [6.07, 6.45) is 5.37. The summed E-state index contributed by atoms with van der Waals surface area (Å²) in [5, 5.41) is 5.97. The Balaban J connectivity index is 1.75. The summed E-state index contributed by atoms with van der Waals surface area (Å²) in [4.78, 5) is 27.2. The Morgan fingerprint density at radius 3 is 2.42 bits per heavy atom. The summed E-state index contributed by atoms with van der Waals surface area (Å²) in [6, 6.07) is -0.441. The van der Waals surface area contributed by atoms with Gasteiger partial charge in [-0.15, -0.1) is 0 Å². The molecule has 6 nitrogen and oxygen atoms in total. The largest absolute Gasteiger partial charge is 0.379 e. The first-order valence-corrected chi connectivity index (χ1v) is 9.46. The zero-order valence-corrected chi connectivity index (χ0v) is 15.2. The molecule has 2 aliphatic rings. The molecule has 0 radical (unpaired) electrons. The van der Waals surface area contributed by atoms with Gasteiger partial charge in [-0.1, -0.05) is 33.1 Å². The van der Waals surface area contributed by atoms with Crippen molar-refractivity contribution in [3.63, 3.8) is 0 Å². The van der Waals surface area contributed by atoms with Crippen LogP contribution in [0.2, 0.25) is 0 Å². The number of morpholine rings is 1. The quantitative estimate of drug-likeness (QED) is 0.730. The van der Waals surface area contributed by atoms with Gasteiger partial charge in [-0.3, -0.25) is 14.5 Å². The fraction of sp³-hybridized carbons (Fsp3) is 0.889. The molecule has 1 aliphatic carbocycles. The first-order chi connectivity index (χ1) is 11.6. The zero-order valence-electron chi connectivity index (χ0n) is 15.2. The van der Waals surface area contributed by atoms with E-state index >= 15 is 0 Å². The highest BCUT2D eigenvalue weighted by Gasteiger charge is 2.28. The Kier molecular flexibility index (Phi) is 7.99. The third-order valence-electron chi connectivity index (χ3n) is 5.05. The Hall–Kier alpha value is -1.14.